The number of halogens is 3. The molecule has 0 amide bonds. The summed E-state index contributed by atoms with van der Waals surface area (Å²) in [7, 11) is 0. The molecular formula is C14H9F3N4. The van der Waals surface area contributed by atoms with Gasteiger partial charge in [-0.25, -0.2) is 29.0 Å². The average molecular weight is 290 g/mol. The number of hydrogen-bond donors (Lipinski definition) is 2. The van der Waals surface area contributed by atoms with E-state index < -0.39 is 17.5 Å². The number of hydrazine groups is 1. The standard InChI is InChI=1S/C14H9F3N4/c15-9-5-7(6-10(16)12(9)17)13-19-11-4-2-1-3-8(11)14(20-13)21-18/h1-6H,18H2,(H,19,20,21). The quantitative estimate of drug-likeness (QED) is 0.432. The number of anilines is 1. The topological polar surface area (TPSA) is 63.8 Å². The maximum Gasteiger partial charge on any atom is 0.194 e. The van der Waals surface area contributed by atoms with Crippen LogP contribution in [0.3, 0.4) is 0 Å². The summed E-state index contributed by atoms with van der Waals surface area (Å²) in [5.41, 5.74) is 2.97. The lowest BCUT2D eigenvalue weighted by atomic mass is 10.1. The van der Waals surface area contributed by atoms with Crippen LogP contribution in [-0.4, -0.2) is 9.97 Å². The molecule has 3 N–H and O–H groups in total. The van der Waals surface area contributed by atoms with Crippen molar-refractivity contribution in [3.8, 4) is 11.4 Å². The fraction of sp³-hybridized carbons (Fsp3) is 0. The molecule has 0 radical (unpaired) electrons. The molecule has 0 unspecified atom stereocenters. The molecule has 0 fully saturated rings. The van der Waals surface area contributed by atoms with E-state index in [4.69, 9.17) is 5.84 Å². The van der Waals surface area contributed by atoms with Crippen molar-refractivity contribution in [2.45, 2.75) is 0 Å². The summed E-state index contributed by atoms with van der Waals surface area (Å²) < 4.78 is 39.6. The van der Waals surface area contributed by atoms with Crippen LogP contribution in [0.4, 0.5) is 19.0 Å². The van der Waals surface area contributed by atoms with Crippen LogP contribution in [-0.2, 0) is 0 Å². The molecule has 4 nitrogen and oxygen atoms in total. The van der Waals surface area contributed by atoms with Crippen LogP contribution < -0.4 is 11.3 Å². The molecule has 106 valence electrons. The van der Waals surface area contributed by atoms with Crippen LogP contribution in [0, 0.1) is 17.5 Å². The molecule has 0 atom stereocenters. The zero-order valence-electron chi connectivity index (χ0n) is 10.6. The fourth-order valence-corrected chi connectivity index (χ4v) is 2.00. The third kappa shape index (κ3) is 2.27. The van der Waals surface area contributed by atoms with E-state index in [9.17, 15) is 13.2 Å². The first kappa shape index (κ1) is 13.3. The number of nitrogen functional groups attached to an aromatic ring is 1. The molecule has 0 saturated heterocycles. The summed E-state index contributed by atoms with van der Waals surface area (Å²) in [6, 6.07) is 8.66. The van der Waals surface area contributed by atoms with Gasteiger partial charge in [-0.15, -0.1) is 0 Å². The minimum atomic E-state index is -1.53. The first-order chi connectivity index (χ1) is 10.1. The Labute approximate surface area is 117 Å². The zero-order valence-corrected chi connectivity index (χ0v) is 10.6. The van der Waals surface area contributed by atoms with Crippen molar-refractivity contribution in [1.82, 2.24) is 9.97 Å². The Balaban J connectivity index is 2.25. The summed E-state index contributed by atoms with van der Waals surface area (Å²) in [5, 5.41) is 0.659. The summed E-state index contributed by atoms with van der Waals surface area (Å²) in [5.74, 6) is 1.61. The highest BCUT2D eigenvalue weighted by molar-refractivity contribution is 5.90. The van der Waals surface area contributed by atoms with Crippen LogP contribution in [0.2, 0.25) is 0 Å². The number of nitrogens with zero attached hydrogens (tertiary/aromatic N) is 2. The first-order valence-corrected chi connectivity index (χ1v) is 5.98. The van der Waals surface area contributed by atoms with Gasteiger partial charge in [-0.05, 0) is 24.3 Å². The predicted octanol–water partition coefficient (Wildman–Crippen LogP) is 3.00. The number of para-hydroxylation sites is 1. The number of nitrogens with two attached hydrogens (primary N) is 1. The number of benzene rings is 2. The van der Waals surface area contributed by atoms with Crippen molar-refractivity contribution in [2.75, 3.05) is 5.43 Å². The molecule has 0 aliphatic rings. The third-order valence-corrected chi connectivity index (χ3v) is 2.98. The Kier molecular flexibility index (Phi) is 3.19. The normalized spacial score (nSPS) is 10.9. The van der Waals surface area contributed by atoms with Gasteiger partial charge in [-0.1, -0.05) is 12.1 Å². The lowest BCUT2D eigenvalue weighted by Crippen LogP contribution is -2.10. The van der Waals surface area contributed by atoms with E-state index in [1.807, 2.05) is 0 Å². The van der Waals surface area contributed by atoms with Crippen LogP contribution >= 0.6 is 0 Å². The molecule has 0 bridgehead atoms. The van der Waals surface area contributed by atoms with Crippen LogP contribution in [0.25, 0.3) is 22.3 Å². The minimum Gasteiger partial charge on any atom is -0.308 e. The van der Waals surface area contributed by atoms with E-state index in [1.165, 1.54) is 0 Å². The second-order valence-corrected chi connectivity index (χ2v) is 4.31. The van der Waals surface area contributed by atoms with E-state index in [0.29, 0.717) is 16.7 Å². The average Bonchev–Trinajstić information content (AvgIpc) is 2.51. The number of hydrogen-bond acceptors (Lipinski definition) is 4. The van der Waals surface area contributed by atoms with Gasteiger partial charge in [0, 0.05) is 10.9 Å². The van der Waals surface area contributed by atoms with Crippen molar-refractivity contribution >= 4 is 16.7 Å². The van der Waals surface area contributed by atoms with Crippen LogP contribution in [0.15, 0.2) is 36.4 Å². The molecule has 7 heteroatoms. The van der Waals surface area contributed by atoms with Crippen molar-refractivity contribution in [3.63, 3.8) is 0 Å². The number of rotatable bonds is 2. The molecule has 3 aromatic rings. The van der Waals surface area contributed by atoms with Crippen molar-refractivity contribution < 1.29 is 13.2 Å². The SMILES string of the molecule is NNc1nc(-c2cc(F)c(F)c(F)c2)nc2ccccc12. The number of aromatic nitrogens is 2. The van der Waals surface area contributed by atoms with Gasteiger partial charge in [-0.2, -0.15) is 0 Å². The van der Waals surface area contributed by atoms with Gasteiger partial charge in [0.15, 0.2) is 29.1 Å². The molecule has 2 aromatic carbocycles. The highest BCUT2D eigenvalue weighted by atomic mass is 19.2. The molecule has 1 heterocycles. The van der Waals surface area contributed by atoms with Crippen LogP contribution in [0.5, 0.6) is 0 Å². The highest BCUT2D eigenvalue weighted by Gasteiger charge is 2.14. The Morgan fingerprint density at radius 2 is 1.62 bits per heavy atom. The molecule has 0 spiro atoms. The highest BCUT2D eigenvalue weighted by Crippen LogP contribution is 2.26. The summed E-state index contributed by atoms with van der Waals surface area (Å²) >= 11 is 0. The Morgan fingerprint density at radius 1 is 0.952 bits per heavy atom. The van der Waals surface area contributed by atoms with E-state index in [-0.39, 0.29) is 11.4 Å². The maximum atomic E-state index is 13.3. The summed E-state index contributed by atoms with van der Waals surface area (Å²) in [4.78, 5) is 8.30. The summed E-state index contributed by atoms with van der Waals surface area (Å²) in [6.45, 7) is 0. The van der Waals surface area contributed by atoms with Gasteiger partial charge >= 0.3 is 0 Å². The Morgan fingerprint density at radius 3 is 2.29 bits per heavy atom. The van der Waals surface area contributed by atoms with Crippen molar-refractivity contribution in [1.29, 1.82) is 0 Å². The summed E-state index contributed by atoms with van der Waals surface area (Å²) in [6.07, 6.45) is 0. The second kappa shape index (κ2) is 5.02. The molecule has 3 rings (SSSR count). The molecule has 1 aromatic heterocycles. The molecular weight excluding hydrogens is 281 g/mol. The fourth-order valence-electron chi connectivity index (χ4n) is 2.00. The molecule has 21 heavy (non-hydrogen) atoms. The van der Waals surface area contributed by atoms with E-state index in [1.54, 1.807) is 24.3 Å². The van der Waals surface area contributed by atoms with Gasteiger partial charge in [0.1, 0.15) is 0 Å². The molecule has 0 aliphatic heterocycles. The molecule has 0 saturated carbocycles. The van der Waals surface area contributed by atoms with Crippen molar-refractivity contribution in [2.24, 2.45) is 5.84 Å². The van der Waals surface area contributed by atoms with Crippen LogP contribution in [0.1, 0.15) is 0 Å². The van der Waals surface area contributed by atoms with E-state index in [2.05, 4.69) is 15.4 Å². The maximum absolute atomic E-state index is 13.3. The van der Waals surface area contributed by atoms with E-state index in [0.717, 1.165) is 12.1 Å². The van der Waals surface area contributed by atoms with Gasteiger partial charge in [-0.3, -0.25) is 0 Å². The second-order valence-electron chi connectivity index (χ2n) is 4.31. The Bertz CT molecular complexity index is 813. The van der Waals surface area contributed by atoms with Gasteiger partial charge in [0.05, 0.1) is 5.52 Å². The predicted molar refractivity (Wildman–Crippen MR) is 72.7 cm³/mol. The first-order valence-electron chi connectivity index (χ1n) is 5.98. The largest absolute Gasteiger partial charge is 0.308 e. The smallest absolute Gasteiger partial charge is 0.194 e. The van der Waals surface area contributed by atoms with Gasteiger partial charge in [0.25, 0.3) is 0 Å². The minimum absolute atomic E-state index is 0.0219. The monoisotopic (exact) mass is 290 g/mol. The van der Waals surface area contributed by atoms with E-state index >= 15 is 0 Å². The zero-order chi connectivity index (χ0) is 15.0. The third-order valence-electron chi connectivity index (χ3n) is 2.98. The lowest BCUT2D eigenvalue weighted by molar-refractivity contribution is 0.447. The molecule has 0 aliphatic carbocycles. The number of nitrogens with one attached hydrogen (secondary N) is 1. The number of fused-ring (bicyclic) bond motifs is 1. The van der Waals surface area contributed by atoms with Gasteiger partial charge in [0.2, 0.25) is 0 Å². The Hall–Kier alpha value is -2.67. The lowest BCUT2D eigenvalue weighted by Gasteiger charge is -2.08. The van der Waals surface area contributed by atoms with Gasteiger partial charge < -0.3 is 5.43 Å². The van der Waals surface area contributed by atoms with Crippen molar-refractivity contribution in [3.05, 3.63) is 53.8 Å².